The fourth-order valence-corrected chi connectivity index (χ4v) is 6.32. The van der Waals surface area contributed by atoms with E-state index in [0.717, 1.165) is 41.9 Å². The third-order valence-corrected chi connectivity index (χ3v) is 8.73. The van der Waals surface area contributed by atoms with Gasteiger partial charge in [-0.15, -0.1) is 0 Å². The summed E-state index contributed by atoms with van der Waals surface area (Å²) >= 11 is 0. The molecule has 3 heterocycles. The van der Waals surface area contributed by atoms with Gasteiger partial charge in [0.2, 0.25) is 0 Å². The van der Waals surface area contributed by atoms with E-state index in [1.165, 1.54) is 38.8 Å². The van der Waals surface area contributed by atoms with Crippen molar-refractivity contribution in [1.82, 2.24) is 15.1 Å². The van der Waals surface area contributed by atoms with Gasteiger partial charge in [0.15, 0.2) is 6.29 Å². The van der Waals surface area contributed by atoms with Crippen molar-refractivity contribution in [3.63, 3.8) is 0 Å². The number of rotatable bonds is 11. The number of ether oxygens (including phenoxy) is 3. The molecule has 222 valence electrons. The number of nitrogens with zero attached hydrogens (tertiary/aromatic N) is 2. The lowest BCUT2D eigenvalue weighted by Crippen LogP contribution is -2.48. The molecule has 0 aliphatic carbocycles. The first-order valence-corrected chi connectivity index (χ1v) is 15.1. The molecule has 41 heavy (non-hydrogen) atoms. The number of carbonyl (C=O) groups excluding carboxylic acids is 1. The molecular formula is C33H45N3O5. The zero-order valence-electron chi connectivity index (χ0n) is 24.2. The molecule has 0 spiro atoms. The summed E-state index contributed by atoms with van der Waals surface area (Å²) in [6.45, 7) is 12.0. The number of alkyl carbamates (subject to hydrolysis) is 1. The van der Waals surface area contributed by atoms with E-state index in [1.54, 1.807) is 6.08 Å². The van der Waals surface area contributed by atoms with E-state index in [0.29, 0.717) is 12.6 Å². The topological polar surface area (TPSA) is 83.5 Å². The number of carbonyl (C=O) groups is 1. The van der Waals surface area contributed by atoms with Crippen LogP contribution in [0.4, 0.5) is 4.79 Å². The first-order valence-electron chi connectivity index (χ1n) is 15.1. The Morgan fingerprint density at radius 3 is 2.41 bits per heavy atom. The summed E-state index contributed by atoms with van der Waals surface area (Å²) in [5.74, 6) is 0.157. The van der Waals surface area contributed by atoms with E-state index in [-0.39, 0.29) is 31.3 Å². The fourth-order valence-electron chi connectivity index (χ4n) is 6.32. The zero-order chi connectivity index (χ0) is 28.6. The third-order valence-electron chi connectivity index (χ3n) is 8.73. The van der Waals surface area contributed by atoms with Gasteiger partial charge in [-0.05, 0) is 62.0 Å². The molecule has 5 rings (SSSR count). The number of aliphatic hydroxyl groups is 1. The maximum Gasteiger partial charge on any atom is 0.407 e. The lowest BCUT2D eigenvalue weighted by atomic mass is 9.90. The van der Waals surface area contributed by atoms with Crippen LogP contribution >= 0.6 is 0 Å². The molecular weight excluding hydrogens is 518 g/mol. The summed E-state index contributed by atoms with van der Waals surface area (Å²) in [5.41, 5.74) is 3.90. The van der Waals surface area contributed by atoms with Crippen molar-refractivity contribution >= 4 is 6.09 Å². The average Bonchev–Trinajstić information content (AvgIpc) is 3.69. The Bertz CT molecular complexity index is 1120. The molecule has 2 aromatic carbocycles. The summed E-state index contributed by atoms with van der Waals surface area (Å²) in [5, 5.41) is 12.3. The Hall–Kier alpha value is -2.75. The van der Waals surface area contributed by atoms with Gasteiger partial charge >= 0.3 is 6.09 Å². The van der Waals surface area contributed by atoms with Crippen LogP contribution in [0.25, 0.3) is 0 Å². The van der Waals surface area contributed by atoms with Crippen LogP contribution in [0.3, 0.4) is 0 Å². The van der Waals surface area contributed by atoms with Crippen LogP contribution in [-0.4, -0.2) is 72.5 Å². The third kappa shape index (κ3) is 7.76. The molecule has 0 bridgehead atoms. The molecule has 8 nitrogen and oxygen atoms in total. The molecule has 2 N–H and O–H groups in total. The number of hydrogen-bond acceptors (Lipinski definition) is 7. The minimum atomic E-state index is -0.502. The van der Waals surface area contributed by atoms with Gasteiger partial charge in [0.1, 0.15) is 6.61 Å². The minimum Gasteiger partial charge on any atom is -0.445 e. The molecule has 0 aromatic heterocycles. The highest BCUT2D eigenvalue weighted by Crippen LogP contribution is 2.42. The van der Waals surface area contributed by atoms with Crippen molar-refractivity contribution in [2.24, 2.45) is 5.92 Å². The smallest absolute Gasteiger partial charge is 0.407 e. The minimum absolute atomic E-state index is 0.0106. The number of hydrogen-bond donors (Lipinski definition) is 2. The zero-order valence-corrected chi connectivity index (χ0v) is 24.2. The quantitative estimate of drug-likeness (QED) is 0.375. The van der Waals surface area contributed by atoms with Crippen molar-refractivity contribution in [2.75, 3.05) is 39.3 Å². The first kappa shape index (κ1) is 29.7. The van der Waals surface area contributed by atoms with Gasteiger partial charge in [0.05, 0.1) is 18.8 Å². The molecule has 2 aromatic rings. The number of aliphatic hydroxyl groups excluding tert-OH is 1. The molecule has 1 amide bonds. The molecule has 3 aliphatic rings. The SMILES string of the molecule is C=CCOC(=O)NCc1ccc([C@H]2O[C@@H](CN3CCC[C@H]3CN3CCCC3)[C@@H](C)[C@@H](c3ccc(CO)cc3)O2)cc1. The van der Waals surface area contributed by atoms with E-state index < -0.39 is 12.4 Å². The van der Waals surface area contributed by atoms with E-state index >= 15 is 0 Å². The van der Waals surface area contributed by atoms with E-state index in [4.69, 9.17) is 14.2 Å². The Balaban J connectivity index is 1.30. The Labute approximate surface area is 244 Å². The highest BCUT2D eigenvalue weighted by Gasteiger charge is 2.40. The summed E-state index contributed by atoms with van der Waals surface area (Å²) < 4.78 is 18.4. The van der Waals surface area contributed by atoms with Gasteiger partial charge in [0, 0.05) is 37.2 Å². The molecule has 3 aliphatic heterocycles. The van der Waals surface area contributed by atoms with Gasteiger partial charge < -0.3 is 29.5 Å². The molecule has 0 unspecified atom stereocenters. The molecule has 0 saturated carbocycles. The second-order valence-corrected chi connectivity index (χ2v) is 11.6. The maximum absolute atomic E-state index is 11.8. The summed E-state index contributed by atoms with van der Waals surface area (Å²) in [7, 11) is 0. The van der Waals surface area contributed by atoms with E-state index in [2.05, 4.69) is 40.8 Å². The van der Waals surface area contributed by atoms with Crippen LogP contribution in [0, 0.1) is 5.92 Å². The van der Waals surface area contributed by atoms with Gasteiger partial charge in [-0.25, -0.2) is 4.79 Å². The van der Waals surface area contributed by atoms with Crippen LogP contribution in [0.2, 0.25) is 0 Å². The van der Waals surface area contributed by atoms with Crippen molar-refractivity contribution in [2.45, 2.75) is 70.3 Å². The Morgan fingerprint density at radius 1 is 1.00 bits per heavy atom. The second kappa shape index (κ2) is 14.4. The van der Waals surface area contributed by atoms with Gasteiger partial charge in [0.25, 0.3) is 0 Å². The molecule has 0 radical (unpaired) electrons. The first-order chi connectivity index (χ1) is 20.0. The second-order valence-electron chi connectivity index (χ2n) is 11.6. The lowest BCUT2D eigenvalue weighted by molar-refractivity contribution is -0.276. The molecule has 3 saturated heterocycles. The van der Waals surface area contributed by atoms with Gasteiger partial charge in [-0.2, -0.15) is 0 Å². The molecule has 8 heteroatoms. The van der Waals surface area contributed by atoms with E-state index in [9.17, 15) is 9.90 Å². The Kier molecular flexibility index (Phi) is 10.5. The lowest BCUT2D eigenvalue weighted by Gasteiger charge is -2.43. The monoisotopic (exact) mass is 563 g/mol. The maximum atomic E-state index is 11.8. The highest BCUT2D eigenvalue weighted by atomic mass is 16.7. The average molecular weight is 564 g/mol. The van der Waals surface area contributed by atoms with Crippen molar-refractivity contribution in [1.29, 1.82) is 0 Å². The van der Waals surface area contributed by atoms with Gasteiger partial charge in [-0.1, -0.05) is 68.1 Å². The number of likely N-dealkylation sites (tertiary alicyclic amines) is 2. The normalized spacial score (nSPS) is 27.1. The van der Waals surface area contributed by atoms with Gasteiger partial charge in [-0.3, -0.25) is 4.90 Å². The van der Waals surface area contributed by atoms with Crippen LogP contribution < -0.4 is 5.32 Å². The van der Waals surface area contributed by atoms with Crippen LogP contribution in [0.5, 0.6) is 0 Å². The van der Waals surface area contributed by atoms with Crippen molar-refractivity contribution in [3.8, 4) is 0 Å². The predicted molar refractivity (Wildman–Crippen MR) is 158 cm³/mol. The molecule has 5 atom stereocenters. The number of amides is 1. The highest BCUT2D eigenvalue weighted by molar-refractivity contribution is 5.67. The van der Waals surface area contributed by atoms with E-state index in [1.807, 2.05) is 36.4 Å². The van der Waals surface area contributed by atoms with Crippen molar-refractivity contribution < 1.29 is 24.1 Å². The number of nitrogens with one attached hydrogen (secondary N) is 1. The van der Waals surface area contributed by atoms with Crippen LogP contribution in [0.15, 0.2) is 61.2 Å². The standard InChI is InChI=1S/C33H45N3O5/c1-3-19-39-33(38)34-20-25-8-14-28(15-9-25)32-40-30(22-36-18-6-7-29(36)21-35-16-4-5-17-35)24(2)31(41-32)27-12-10-26(23-37)11-13-27/h3,8-15,24,29-32,37H,1,4-7,16-23H2,2H3,(H,34,38)/t24-,29+,30+,31+,32+/m1/s1. The summed E-state index contributed by atoms with van der Waals surface area (Å²) in [6.07, 6.45) is 5.57. The summed E-state index contributed by atoms with van der Waals surface area (Å²) in [4.78, 5) is 17.1. The van der Waals surface area contributed by atoms with Crippen molar-refractivity contribution in [3.05, 3.63) is 83.4 Å². The Morgan fingerprint density at radius 2 is 1.71 bits per heavy atom. The fraction of sp³-hybridized carbons (Fsp3) is 0.545. The largest absolute Gasteiger partial charge is 0.445 e. The number of benzene rings is 2. The van der Waals surface area contributed by atoms with Crippen LogP contribution in [-0.2, 0) is 27.4 Å². The summed E-state index contributed by atoms with van der Waals surface area (Å²) in [6, 6.07) is 16.7. The van der Waals surface area contributed by atoms with Crippen LogP contribution in [0.1, 0.15) is 67.3 Å². The predicted octanol–water partition coefficient (Wildman–Crippen LogP) is 4.94. The molecule has 3 fully saturated rings.